The van der Waals surface area contributed by atoms with E-state index in [0.29, 0.717) is 44.3 Å². The number of halogens is 2. The van der Waals surface area contributed by atoms with Gasteiger partial charge < -0.3 is 20.4 Å². The van der Waals surface area contributed by atoms with Crippen molar-refractivity contribution >= 4 is 28.6 Å². The van der Waals surface area contributed by atoms with E-state index in [2.05, 4.69) is 4.98 Å². The zero-order valence-corrected chi connectivity index (χ0v) is 23.3. The van der Waals surface area contributed by atoms with Crippen molar-refractivity contribution in [2.45, 2.75) is 63.5 Å². The average molecular weight is 566 g/mol. The van der Waals surface area contributed by atoms with Crippen LogP contribution in [0, 0.1) is 17.7 Å². The van der Waals surface area contributed by atoms with E-state index in [1.54, 1.807) is 30.0 Å². The fourth-order valence-electron chi connectivity index (χ4n) is 6.57. The fourth-order valence-corrected chi connectivity index (χ4v) is 6.57. The van der Waals surface area contributed by atoms with Crippen molar-refractivity contribution < 1.29 is 27.9 Å². The van der Waals surface area contributed by atoms with Crippen LogP contribution in [0.5, 0.6) is 0 Å². The molecule has 3 atom stereocenters. The molecular formula is C32H37F2N3O4. The Kier molecular flexibility index (Phi) is 8.82. The number of Topliss-reactive ketones (excluding diaryl/α,β-unsaturated/α-hetero) is 1. The molecule has 3 aromatic rings. The number of esters is 1. The lowest BCUT2D eigenvalue weighted by atomic mass is 9.78. The quantitative estimate of drug-likeness (QED) is 0.352. The molecule has 1 amide bonds. The summed E-state index contributed by atoms with van der Waals surface area (Å²) in [6.45, 7) is 1.89. The number of fused-ring (bicyclic) bond motifs is 1. The summed E-state index contributed by atoms with van der Waals surface area (Å²) in [7, 11) is 0. The lowest BCUT2D eigenvalue weighted by Crippen LogP contribution is -2.47. The number of aromatic nitrogens is 1. The van der Waals surface area contributed by atoms with Crippen LogP contribution in [0.1, 0.15) is 66.6 Å². The van der Waals surface area contributed by atoms with Crippen molar-refractivity contribution in [3.05, 3.63) is 71.2 Å². The topological polar surface area (TPSA) is 105 Å². The van der Waals surface area contributed by atoms with Crippen molar-refractivity contribution in [2.75, 3.05) is 19.8 Å². The normalized spacial score (nSPS) is 23.5. The lowest BCUT2D eigenvalue weighted by molar-refractivity contribution is -0.142. The molecule has 1 aliphatic heterocycles. The summed E-state index contributed by atoms with van der Waals surface area (Å²) in [4.78, 5) is 44.7. The van der Waals surface area contributed by atoms with E-state index in [1.165, 1.54) is 12.1 Å². The Bertz CT molecular complexity index is 1400. The summed E-state index contributed by atoms with van der Waals surface area (Å²) in [5, 5.41) is 0.788. The van der Waals surface area contributed by atoms with Crippen LogP contribution in [0.4, 0.5) is 8.78 Å². The monoisotopic (exact) mass is 565 g/mol. The van der Waals surface area contributed by atoms with E-state index in [1.807, 2.05) is 18.2 Å². The van der Waals surface area contributed by atoms with Crippen molar-refractivity contribution in [2.24, 2.45) is 17.6 Å². The van der Waals surface area contributed by atoms with Gasteiger partial charge in [0.1, 0.15) is 18.2 Å². The number of likely N-dealkylation sites (tertiary alicyclic amines) is 1. The zero-order chi connectivity index (χ0) is 29.1. The molecule has 2 fully saturated rings. The van der Waals surface area contributed by atoms with E-state index in [0.717, 1.165) is 22.0 Å². The number of nitrogens with one attached hydrogen (secondary N) is 1. The summed E-state index contributed by atoms with van der Waals surface area (Å²) >= 11 is 0. The number of benzene rings is 2. The number of rotatable bonds is 9. The summed E-state index contributed by atoms with van der Waals surface area (Å²) < 4.78 is 31.9. The van der Waals surface area contributed by atoms with Gasteiger partial charge in [-0.05, 0) is 86.4 Å². The van der Waals surface area contributed by atoms with Crippen molar-refractivity contribution in [1.29, 1.82) is 0 Å². The Hall–Kier alpha value is -3.59. The van der Waals surface area contributed by atoms with Gasteiger partial charge in [0.2, 0.25) is 5.91 Å². The molecule has 3 N–H and O–H groups in total. The second-order valence-electron chi connectivity index (χ2n) is 11.3. The third-order valence-electron chi connectivity index (χ3n) is 8.77. The van der Waals surface area contributed by atoms with Crippen molar-refractivity contribution in [3.8, 4) is 0 Å². The number of alkyl halides is 1. The SMILES string of the molecule is CCOC(=O)c1cc2cc(CC(=O)[C@@H]3[C@H](c4ccc(F)cc4)CCN3C(=O)C3CCC(C(N)CF)CC3)ccc2[nH]1. The number of nitrogens with two attached hydrogens (primary N) is 1. The standard InChI is InChI=1S/C32H37F2N3O4/c1-2-41-32(40)28-17-23-15-19(3-12-27(23)36-28)16-29(38)30-25(20-8-10-24(34)11-9-20)13-14-37(30)31(39)22-6-4-21(5-7-22)26(35)18-33/h3,8-12,15,17,21-22,25-26,30,36H,2,4-7,13-14,16,18,35H2,1H3/t21?,22?,25-,26?,30-/m0/s1. The molecule has 2 aliphatic rings. The summed E-state index contributed by atoms with van der Waals surface area (Å²) in [6, 6.07) is 12.2. The Morgan fingerprint density at radius 1 is 1.05 bits per heavy atom. The Morgan fingerprint density at radius 2 is 1.78 bits per heavy atom. The number of hydrogen-bond donors (Lipinski definition) is 2. The van der Waals surface area contributed by atoms with Crippen LogP contribution in [0.15, 0.2) is 48.5 Å². The molecule has 7 nitrogen and oxygen atoms in total. The molecule has 5 rings (SSSR count). The molecule has 0 spiro atoms. The van der Waals surface area contributed by atoms with E-state index in [-0.39, 0.29) is 48.3 Å². The summed E-state index contributed by atoms with van der Waals surface area (Å²) in [5.41, 5.74) is 8.62. The average Bonchev–Trinajstić information content (AvgIpc) is 3.62. The maximum absolute atomic E-state index is 14.0. The minimum atomic E-state index is -0.671. The van der Waals surface area contributed by atoms with Crippen LogP contribution >= 0.6 is 0 Å². The molecule has 218 valence electrons. The number of H-pyrrole nitrogens is 1. The van der Waals surface area contributed by atoms with E-state index >= 15 is 0 Å². The maximum atomic E-state index is 14.0. The molecule has 1 saturated heterocycles. The number of amides is 1. The predicted molar refractivity (Wildman–Crippen MR) is 152 cm³/mol. The van der Waals surface area contributed by atoms with Crippen LogP contribution in [-0.4, -0.2) is 59.5 Å². The number of hydrogen-bond acceptors (Lipinski definition) is 5. The second-order valence-corrected chi connectivity index (χ2v) is 11.3. The first-order valence-electron chi connectivity index (χ1n) is 14.5. The Labute approximate surface area is 238 Å². The van der Waals surface area contributed by atoms with E-state index < -0.39 is 24.7 Å². The molecule has 41 heavy (non-hydrogen) atoms. The van der Waals surface area contributed by atoms with Crippen molar-refractivity contribution in [1.82, 2.24) is 9.88 Å². The number of nitrogens with zero attached hydrogens (tertiary/aromatic N) is 1. The van der Waals surface area contributed by atoms with Gasteiger partial charge >= 0.3 is 5.97 Å². The highest BCUT2D eigenvalue weighted by atomic mass is 19.1. The van der Waals surface area contributed by atoms with Gasteiger partial charge in [-0.3, -0.25) is 9.59 Å². The van der Waals surface area contributed by atoms with Gasteiger partial charge in [0.25, 0.3) is 0 Å². The number of aromatic amines is 1. The van der Waals surface area contributed by atoms with Crippen LogP contribution in [0.25, 0.3) is 10.9 Å². The third kappa shape index (κ3) is 6.20. The number of carbonyl (C=O) groups is 3. The Balaban J connectivity index is 1.37. The van der Waals surface area contributed by atoms with E-state index in [4.69, 9.17) is 10.5 Å². The van der Waals surface area contributed by atoms with Gasteiger partial charge in [-0.25, -0.2) is 13.6 Å². The van der Waals surface area contributed by atoms with Crippen LogP contribution in [0.3, 0.4) is 0 Å². The summed E-state index contributed by atoms with van der Waals surface area (Å²) in [6.07, 6.45) is 3.36. The summed E-state index contributed by atoms with van der Waals surface area (Å²) in [5.74, 6) is -1.32. The molecule has 2 heterocycles. The van der Waals surface area contributed by atoms with Crippen LogP contribution in [0.2, 0.25) is 0 Å². The first kappa shape index (κ1) is 28.9. The van der Waals surface area contributed by atoms with Gasteiger partial charge in [0.15, 0.2) is 5.78 Å². The highest BCUT2D eigenvalue weighted by Gasteiger charge is 2.44. The van der Waals surface area contributed by atoms with Gasteiger partial charge in [-0.1, -0.05) is 18.2 Å². The second kappa shape index (κ2) is 12.5. The highest BCUT2D eigenvalue weighted by molar-refractivity contribution is 5.96. The molecule has 0 radical (unpaired) electrons. The third-order valence-corrected chi connectivity index (χ3v) is 8.77. The minimum absolute atomic E-state index is 0.0413. The molecule has 9 heteroatoms. The molecule has 1 aliphatic carbocycles. The van der Waals surface area contributed by atoms with Crippen LogP contribution in [-0.2, 0) is 20.7 Å². The van der Waals surface area contributed by atoms with Crippen LogP contribution < -0.4 is 5.73 Å². The molecule has 2 aromatic carbocycles. The fraction of sp³-hybridized carbons (Fsp3) is 0.469. The lowest BCUT2D eigenvalue weighted by Gasteiger charge is -2.35. The zero-order valence-electron chi connectivity index (χ0n) is 23.3. The van der Waals surface area contributed by atoms with Gasteiger partial charge in [0, 0.05) is 41.7 Å². The first-order chi connectivity index (χ1) is 19.8. The number of ketones is 1. The minimum Gasteiger partial charge on any atom is -0.461 e. The molecule has 1 aromatic heterocycles. The number of carbonyl (C=O) groups excluding carboxylic acids is 3. The van der Waals surface area contributed by atoms with Crippen molar-refractivity contribution in [3.63, 3.8) is 0 Å². The molecule has 0 bridgehead atoms. The van der Waals surface area contributed by atoms with E-state index in [9.17, 15) is 23.2 Å². The smallest absolute Gasteiger partial charge is 0.354 e. The maximum Gasteiger partial charge on any atom is 0.354 e. The highest BCUT2D eigenvalue weighted by Crippen LogP contribution is 2.39. The van der Waals surface area contributed by atoms with Gasteiger partial charge in [0.05, 0.1) is 12.6 Å². The first-order valence-corrected chi connectivity index (χ1v) is 14.5. The van der Waals surface area contributed by atoms with Gasteiger partial charge in [-0.2, -0.15) is 0 Å². The van der Waals surface area contributed by atoms with Gasteiger partial charge in [-0.15, -0.1) is 0 Å². The molecule has 1 saturated carbocycles. The largest absolute Gasteiger partial charge is 0.461 e. The molecular weight excluding hydrogens is 528 g/mol. The molecule has 1 unspecified atom stereocenters. The predicted octanol–water partition coefficient (Wildman–Crippen LogP) is 5.08. The Morgan fingerprint density at radius 3 is 2.46 bits per heavy atom. The number of ether oxygens (including phenoxy) is 1.